The molecule has 3 rings (SSSR count). The molecule has 4 nitrogen and oxygen atoms in total. The minimum atomic E-state index is -0.523. The van der Waals surface area contributed by atoms with Crippen LogP contribution in [-0.4, -0.2) is 16.9 Å². The van der Waals surface area contributed by atoms with Crippen LogP contribution in [0.5, 0.6) is 0 Å². The Balaban J connectivity index is 1.63. The average Bonchev–Trinajstić information content (AvgIpc) is 3.04. The van der Waals surface area contributed by atoms with Crippen molar-refractivity contribution < 1.29 is 9.18 Å². The minimum Gasteiger partial charge on any atom is -0.381 e. The van der Waals surface area contributed by atoms with E-state index in [-0.39, 0.29) is 10.9 Å². The molecule has 1 heterocycles. The van der Waals surface area contributed by atoms with E-state index in [4.69, 9.17) is 11.6 Å². The Hall–Kier alpha value is -2.14. The molecule has 0 saturated heterocycles. The van der Waals surface area contributed by atoms with Crippen molar-refractivity contribution >= 4 is 28.9 Å². The van der Waals surface area contributed by atoms with Gasteiger partial charge in [0.15, 0.2) is 0 Å². The Morgan fingerprint density at radius 1 is 1.17 bits per heavy atom. The summed E-state index contributed by atoms with van der Waals surface area (Å²) in [6, 6.07) is 8.04. The standard InChI is InChI=1S/C17H17ClFN3O/c18-14-9-12(5-7-15(14)19)22-17(23)16-8-6-13(10-20-16)21-11-3-1-2-4-11/h5-11,21H,1-4H2,(H,22,23). The van der Waals surface area contributed by atoms with E-state index in [1.54, 1.807) is 12.3 Å². The van der Waals surface area contributed by atoms with Crippen LogP contribution in [-0.2, 0) is 0 Å². The monoisotopic (exact) mass is 333 g/mol. The molecular formula is C17H17ClFN3O. The SMILES string of the molecule is O=C(Nc1ccc(F)c(Cl)c1)c1ccc(NC2CCCC2)cn1. The topological polar surface area (TPSA) is 54.0 Å². The lowest BCUT2D eigenvalue weighted by Gasteiger charge is -2.13. The zero-order chi connectivity index (χ0) is 16.2. The van der Waals surface area contributed by atoms with Gasteiger partial charge < -0.3 is 10.6 Å². The van der Waals surface area contributed by atoms with Gasteiger partial charge in [-0.15, -0.1) is 0 Å². The number of amides is 1. The zero-order valence-electron chi connectivity index (χ0n) is 12.5. The molecule has 1 aromatic carbocycles. The van der Waals surface area contributed by atoms with E-state index in [0.717, 1.165) is 5.69 Å². The molecule has 2 aromatic rings. The van der Waals surface area contributed by atoms with Crippen LogP contribution in [0.1, 0.15) is 36.2 Å². The van der Waals surface area contributed by atoms with Gasteiger partial charge in [-0.25, -0.2) is 9.37 Å². The van der Waals surface area contributed by atoms with Crippen LogP contribution in [0.2, 0.25) is 5.02 Å². The molecule has 120 valence electrons. The maximum absolute atomic E-state index is 13.1. The van der Waals surface area contributed by atoms with E-state index < -0.39 is 5.82 Å². The fraction of sp³-hybridized carbons (Fsp3) is 0.294. The predicted molar refractivity (Wildman–Crippen MR) is 89.5 cm³/mol. The van der Waals surface area contributed by atoms with Gasteiger partial charge in [0.1, 0.15) is 11.5 Å². The first-order chi connectivity index (χ1) is 11.1. The van der Waals surface area contributed by atoms with Crippen LogP contribution in [0, 0.1) is 5.82 Å². The molecule has 1 fully saturated rings. The minimum absolute atomic E-state index is 0.0353. The predicted octanol–water partition coefficient (Wildman–Crippen LogP) is 4.48. The third-order valence-corrected chi connectivity index (χ3v) is 4.19. The normalized spacial score (nSPS) is 14.7. The van der Waals surface area contributed by atoms with E-state index in [9.17, 15) is 9.18 Å². The molecule has 2 N–H and O–H groups in total. The summed E-state index contributed by atoms with van der Waals surface area (Å²) in [5, 5.41) is 6.03. The number of halogens is 2. The number of aromatic nitrogens is 1. The van der Waals surface area contributed by atoms with Gasteiger partial charge in [0, 0.05) is 11.7 Å². The molecule has 23 heavy (non-hydrogen) atoms. The summed E-state index contributed by atoms with van der Waals surface area (Å²) < 4.78 is 13.1. The van der Waals surface area contributed by atoms with Crippen molar-refractivity contribution in [1.29, 1.82) is 0 Å². The number of hydrogen-bond donors (Lipinski definition) is 2. The molecule has 0 bridgehead atoms. The number of pyridine rings is 1. The van der Waals surface area contributed by atoms with Gasteiger partial charge in [-0.1, -0.05) is 24.4 Å². The van der Waals surface area contributed by atoms with Gasteiger partial charge in [-0.05, 0) is 43.2 Å². The molecule has 0 spiro atoms. The number of carbonyl (C=O) groups excluding carboxylic acids is 1. The third-order valence-electron chi connectivity index (χ3n) is 3.90. The number of carbonyl (C=O) groups is 1. The Morgan fingerprint density at radius 3 is 2.57 bits per heavy atom. The highest BCUT2D eigenvalue weighted by atomic mass is 35.5. The van der Waals surface area contributed by atoms with E-state index in [0.29, 0.717) is 17.4 Å². The molecule has 0 atom stereocenters. The van der Waals surface area contributed by atoms with Crippen molar-refractivity contribution in [3.8, 4) is 0 Å². The van der Waals surface area contributed by atoms with Crippen molar-refractivity contribution in [2.45, 2.75) is 31.7 Å². The van der Waals surface area contributed by atoms with Gasteiger partial charge in [0.2, 0.25) is 0 Å². The second kappa shape index (κ2) is 6.96. The van der Waals surface area contributed by atoms with Crippen molar-refractivity contribution in [2.24, 2.45) is 0 Å². The molecule has 0 unspecified atom stereocenters. The number of rotatable bonds is 4. The van der Waals surface area contributed by atoms with Crippen LogP contribution in [0.4, 0.5) is 15.8 Å². The highest BCUT2D eigenvalue weighted by molar-refractivity contribution is 6.31. The highest BCUT2D eigenvalue weighted by Gasteiger charge is 2.15. The number of hydrogen-bond acceptors (Lipinski definition) is 3. The number of anilines is 2. The summed E-state index contributed by atoms with van der Waals surface area (Å²) in [5.74, 6) is -0.884. The second-order valence-electron chi connectivity index (χ2n) is 5.64. The van der Waals surface area contributed by atoms with Crippen LogP contribution in [0.15, 0.2) is 36.5 Å². The summed E-state index contributed by atoms with van der Waals surface area (Å²) in [5.41, 5.74) is 1.64. The first-order valence-electron chi connectivity index (χ1n) is 7.61. The summed E-state index contributed by atoms with van der Waals surface area (Å²) in [7, 11) is 0. The Kier molecular flexibility index (Phi) is 4.76. The van der Waals surface area contributed by atoms with Crippen LogP contribution >= 0.6 is 11.6 Å². The van der Waals surface area contributed by atoms with E-state index in [2.05, 4.69) is 15.6 Å². The van der Waals surface area contributed by atoms with Gasteiger partial charge >= 0.3 is 0 Å². The molecule has 1 saturated carbocycles. The summed E-state index contributed by atoms with van der Waals surface area (Å²) in [6.45, 7) is 0. The largest absolute Gasteiger partial charge is 0.381 e. The first-order valence-corrected chi connectivity index (χ1v) is 7.98. The zero-order valence-corrected chi connectivity index (χ0v) is 13.2. The Morgan fingerprint density at radius 2 is 1.91 bits per heavy atom. The molecule has 1 aliphatic carbocycles. The molecule has 6 heteroatoms. The van der Waals surface area contributed by atoms with Crippen molar-refractivity contribution in [3.63, 3.8) is 0 Å². The number of nitrogens with zero attached hydrogens (tertiary/aromatic N) is 1. The fourth-order valence-electron chi connectivity index (χ4n) is 2.69. The van der Waals surface area contributed by atoms with E-state index in [1.807, 2.05) is 6.07 Å². The lowest BCUT2D eigenvalue weighted by molar-refractivity contribution is 0.102. The number of benzene rings is 1. The smallest absolute Gasteiger partial charge is 0.274 e. The van der Waals surface area contributed by atoms with Crippen LogP contribution in [0.3, 0.4) is 0 Å². The van der Waals surface area contributed by atoms with E-state index in [1.165, 1.54) is 43.9 Å². The first kappa shape index (κ1) is 15.7. The van der Waals surface area contributed by atoms with Gasteiger partial charge in [0.25, 0.3) is 5.91 Å². The van der Waals surface area contributed by atoms with Crippen LogP contribution in [0.25, 0.3) is 0 Å². The fourth-order valence-corrected chi connectivity index (χ4v) is 2.87. The summed E-state index contributed by atoms with van der Waals surface area (Å²) >= 11 is 5.69. The van der Waals surface area contributed by atoms with Crippen molar-refractivity contribution in [3.05, 3.63) is 53.1 Å². The van der Waals surface area contributed by atoms with Crippen molar-refractivity contribution in [2.75, 3.05) is 10.6 Å². The molecule has 1 aliphatic rings. The Bertz CT molecular complexity index is 699. The third kappa shape index (κ3) is 3.99. The van der Waals surface area contributed by atoms with Crippen molar-refractivity contribution in [1.82, 2.24) is 4.98 Å². The number of nitrogens with one attached hydrogen (secondary N) is 2. The lowest BCUT2D eigenvalue weighted by Crippen LogP contribution is -2.16. The van der Waals surface area contributed by atoms with Gasteiger partial charge in [0.05, 0.1) is 16.9 Å². The molecule has 0 radical (unpaired) electrons. The molecule has 0 aliphatic heterocycles. The lowest BCUT2D eigenvalue weighted by atomic mass is 10.2. The highest BCUT2D eigenvalue weighted by Crippen LogP contribution is 2.22. The second-order valence-corrected chi connectivity index (χ2v) is 6.05. The Labute approximate surface area is 139 Å². The van der Waals surface area contributed by atoms with Gasteiger partial charge in [-0.3, -0.25) is 4.79 Å². The molecule has 1 amide bonds. The van der Waals surface area contributed by atoms with Crippen LogP contribution < -0.4 is 10.6 Å². The molecule has 1 aromatic heterocycles. The van der Waals surface area contributed by atoms with Gasteiger partial charge in [-0.2, -0.15) is 0 Å². The summed E-state index contributed by atoms with van der Waals surface area (Å²) in [6.07, 6.45) is 6.52. The van der Waals surface area contributed by atoms with E-state index >= 15 is 0 Å². The molecular weight excluding hydrogens is 317 g/mol. The maximum Gasteiger partial charge on any atom is 0.274 e. The maximum atomic E-state index is 13.1. The average molecular weight is 334 g/mol. The summed E-state index contributed by atoms with van der Waals surface area (Å²) in [4.78, 5) is 16.3. The quantitative estimate of drug-likeness (QED) is 0.867.